The third-order valence-electron chi connectivity index (χ3n) is 2.85. The van der Waals surface area contributed by atoms with E-state index in [4.69, 9.17) is 4.74 Å². The number of hydrogen-bond acceptors (Lipinski definition) is 5. The zero-order valence-corrected chi connectivity index (χ0v) is 11.0. The van der Waals surface area contributed by atoms with E-state index in [1.54, 1.807) is 18.9 Å². The van der Waals surface area contributed by atoms with E-state index in [1.807, 2.05) is 4.90 Å². The Morgan fingerprint density at radius 1 is 1.28 bits per heavy atom. The number of rotatable bonds is 6. The molecule has 1 rings (SSSR count). The van der Waals surface area contributed by atoms with E-state index < -0.39 is 0 Å². The van der Waals surface area contributed by atoms with Gasteiger partial charge in [0.05, 0.1) is 26.1 Å². The van der Waals surface area contributed by atoms with Crippen molar-refractivity contribution in [2.24, 2.45) is 0 Å². The summed E-state index contributed by atoms with van der Waals surface area (Å²) in [5.41, 5.74) is 0. The van der Waals surface area contributed by atoms with Gasteiger partial charge in [-0.3, -0.25) is 19.3 Å². The molecule has 18 heavy (non-hydrogen) atoms. The molecule has 6 heteroatoms. The number of ketones is 1. The molecule has 0 atom stereocenters. The van der Waals surface area contributed by atoms with Crippen LogP contribution in [0.4, 0.5) is 0 Å². The van der Waals surface area contributed by atoms with Crippen molar-refractivity contribution >= 4 is 17.7 Å². The molecule has 0 aromatic carbocycles. The summed E-state index contributed by atoms with van der Waals surface area (Å²) in [7, 11) is 1.75. The van der Waals surface area contributed by atoms with Gasteiger partial charge in [-0.2, -0.15) is 0 Å². The predicted molar refractivity (Wildman–Crippen MR) is 65.0 cm³/mol. The molecular formula is C12H20N2O4. The first-order valence-corrected chi connectivity index (χ1v) is 6.16. The standard InChI is InChI=1S/C12H20N2O4/c1-3-18-12(17)5-4-10(15)8-14-7-6-13(2)11(16)9-14/h3-9H2,1-2H3. The molecule has 1 heterocycles. The zero-order valence-electron chi connectivity index (χ0n) is 11.0. The maximum atomic E-state index is 11.6. The minimum atomic E-state index is -0.347. The summed E-state index contributed by atoms with van der Waals surface area (Å²) in [5.74, 6) is -0.347. The van der Waals surface area contributed by atoms with Gasteiger partial charge in [0.2, 0.25) is 5.91 Å². The molecule has 1 fully saturated rings. The second-order valence-corrected chi connectivity index (χ2v) is 4.37. The number of nitrogens with zero attached hydrogens (tertiary/aromatic N) is 2. The Labute approximate surface area is 107 Å². The van der Waals surface area contributed by atoms with Crippen LogP contribution < -0.4 is 0 Å². The van der Waals surface area contributed by atoms with Crippen molar-refractivity contribution in [1.29, 1.82) is 0 Å². The van der Waals surface area contributed by atoms with Gasteiger partial charge in [0.15, 0.2) is 0 Å². The molecule has 0 spiro atoms. The van der Waals surface area contributed by atoms with Crippen molar-refractivity contribution < 1.29 is 19.1 Å². The Bertz CT molecular complexity index is 330. The topological polar surface area (TPSA) is 66.9 Å². The van der Waals surface area contributed by atoms with Crippen molar-refractivity contribution in [2.45, 2.75) is 19.8 Å². The predicted octanol–water partition coefficient (Wildman–Crippen LogP) is -0.327. The second-order valence-electron chi connectivity index (χ2n) is 4.37. The fourth-order valence-electron chi connectivity index (χ4n) is 1.75. The molecule has 0 bridgehead atoms. The van der Waals surface area contributed by atoms with Gasteiger partial charge in [0, 0.05) is 26.6 Å². The van der Waals surface area contributed by atoms with Crippen molar-refractivity contribution in [3.8, 4) is 0 Å². The van der Waals surface area contributed by atoms with Gasteiger partial charge in [-0.1, -0.05) is 0 Å². The Kier molecular flexibility index (Phi) is 5.77. The van der Waals surface area contributed by atoms with Crippen LogP contribution in [-0.2, 0) is 19.1 Å². The van der Waals surface area contributed by atoms with Crippen molar-refractivity contribution in [3.05, 3.63) is 0 Å². The zero-order chi connectivity index (χ0) is 13.5. The molecule has 1 aliphatic rings. The number of hydrogen-bond donors (Lipinski definition) is 0. The number of piperazine rings is 1. The number of amides is 1. The number of Topliss-reactive ketones (excluding diaryl/α,β-unsaturated/α-hetero) is 1. The summed E-state index contributed by atoms with van der Waals surface area (Å²) in [6, 6.07) is 0. The molecule has 0 unspecified atom stereocenters. The highest BCUT2D eigenvalue weighted by molar-refractivity contribution is 5.85. The number of likely N-dealkylation sites (N-methyl/N-ethyl adjacent to an activating group) is 1. The average molecular weight is 256 g/mol. The molecule has 1 saturated heterocycles. The molecule has 0 aliphatic carbocycles. The van der Waals surface area contributed by atoms with Crippen molar-refractivity contribution in [2.75, 3.05) is 39.8 Å². The average Bonchev–Trinajstić information content (AvgIpc) is 2.32. The Balaban J connectivity index is 2.24. The first-order chi connectivity index (χ1) is 8.52. The minimum absolute atomic E-state index is 0.0273. The quantitative estimate of drug-likeness (QED) is 0.609. The van der Waals surface area contributed by atoms with E-state index >= 15 is 0 Å². The lowest BCUT2D eigenvalue weighted by molar-refractivity contribution is -0.144. The molecule has 0 radical (unpaired) electrons. The van der Waals surface area contributed by atoms with Crippen LogP contribution in [0.5, 0.6) is 0 Å². The fraction of sp³-hybridized carbons (Fsp3) is 0.750. The normalized spacial score (nSPS) is 16.8. The Hall–Kier alpha value is -1.43. The highest BCUT2D eigenvalue weighted by Crippen LogP contribution is 2.03. The Morgan fingerprint density at radius 2 is 2.00 bits per heavy atom. The van der Waals surface area contributed by atoms with Crippen LogP contribution in [0, 0.1) is 0 Å². The highest BCUT2D eigenvalue weighted by atomic mass is 16.5. The summed E-state index contributed by atoms with van der Waals surface area (Å²) < 4.78 is 4.75. The lowest BCUT2D eigenvalue weighted by Crippen LogP contribution is -2.49. The smallest absolute Gasteiger partial charge is 0.306 e. The number of carbonyl (C=O) groups excluding carboxylic acids is 3. The molecule has 1 aliphatic heterocycles. The summed E-state index contributed by atoms with van der Waals surface area (Å²) in [6.45, 7) is 3.92. The molecule has 6 nitrogen and oxygen atoms in total. The van der Waals surface area contributed by atoms with Crippen molar-refractivity contribution in [1.82, 2.24) is 9.80 Å². The van der Waals surface area contributed by atoms with Gasteiger partial charge in [0.25, 0.3) is 0 Å². The molecule has 0 aromatic heterocycles. The molecular weight excluding hydrogens is 236 g/mol. The molecule has 0 aromatic rings. The third kappa shape index (κ3) is 4.83. The van der Waals surface area contributed by atoms with Crippen molar-refractivity contribution in [3.63, 3.8) is 0 Å². The van der Waals surface area contributed by atoms with Crippen LogP contribution in [0.25, 0.3) is 0 Å². The van der Waals surface area contributed by atoms with Gasteiger partial charge in [0.1, 0.15) is 5.78 Å². The molecule has 0 saturated carbocycles. The highest BCUT2D eigenvalue weighted by Gasteiger charge is 2.22. The second kappa shape index (κ2) is 7.10. The monoisotopic (exact) mass is 256 g/mol. The van der Waals surface area contributed by atoms with Gasteiger partial charge < -0.3 is 9.64 Å². The lowest BCUT2D eigenvalue weighted by atomic mass is 10.2. The maximum Gasteiger partial charge on any atom is 0.306 e. The van der Waals surface area contributed by atoms with Crippen LogP contribution >= 0.6 is 0 Å². The molecule has 1 amide bonds. The SMILES string of the molecule is CCOC(=O)CCC(=O)CN1CCN(C)C(=O)C1. The minimum Gasteiger partial charge on any atom is -0.466 e. The first kappa shape index (κ1) is 14.6. The van der Waals surface area contributed by atoms with Crippen LogP contribution in [0.1, 0.15) is 19.8 Å². The molecule has 0 N–H and O–H groups in total. The van der Waals surface area contributed by atoms with Crippen LogP contribution in [0.3, 0.4) is 0 Å². The number of ether oxygens (including phenoxy) is 1. The summed E-state index contributed by atoms with van der Waals surface area (Å²) >= 11 is 0. The summed E-state index contributed by atoms with van der Waals surface area (Å²) in [5, 5.41) is 0. The van der Waals surface area contributed by atoms with E-state index in [1.165, 1.54) is 0 Å². The lowest BCUT2D eigenvalue weighted by Gasteiger charge is -2.31. The van der Waals surface area contributed by atoms with Crippen LogP contribution in [-0.4, -0.2) is 67.3 Å². The van der Waals surface area contributed by atoms with E-state index in [2.05, 4.69) is 0 Å². The van der Waals surface area contributed by atoms with E-state index in [-0.39, 0.29) is 43.6 Å². The molecule has 102 valence electrons. The number of esters is 1. The van der Waals surface area contributed by atoms with Gasteiger partial charge >= 0.3 is 5.97 Å². The third-order valence-corrected chi connectivity index (χ3v) is 2.85. The largest absolute Gasteiger partial charge is 0.466 e. The Morgan fingerprint density at radius 3 is 2.61 bits per heavy atom. The van der Waals surface area contributed by atoms with E-state index in [9.17, 15) is 14.4 Å². The maximum absolute atomic E-state index is 11.6. The first-order valence-electron chi connectivity index (χ1n) is 6.16. The van der Waals surface area contributed by atoms with Gasteiger partial charge in [-0.25, -0.2) is 0 Å². The fourth-order valence-corrected chi connectivity index (χ4v) is 1.75. The van der Waals surface area contributed by atoms with Gasteiger partial charge in [-0.05, 0) is 6.92 Å². The van der Waals surface area contributed by atoms with Gasteiger partial charge in [-0.15, -0.1) is 0 Å². The van der Waals surface area contributed by atoms with E-state index in [0.717, 1.165) is 0 Å². The summed E-state index contributed by atoms with van der Waals surface area (Å²) in [4.78, 5) is 37.6. The van der Waals surface area contributed by atoms with E-state index in [0.29, 0.717) is 19.7 Å². The van der Waals surface area contributed by atoms with Crippen LogP contribution in [0.15, 0.2) is 0 Å². The number of carbonyl (C=O) groups is 3. The van der Waals surface area contributed by atoms with Crippen LogP contribution in [0.2, 0.25) is 0 Å². The summed E-state index contributed by atoms with van der Waals surface area (Å²) in [6.07, 6.45) is 0.299.